The molecular formula is C15H22O5S. The standard InChI is InChI=1S/C15H22O5S/c1-5-11(10-15(2,3)14(16)20-4)12-6-8-13(9-7-12)21(17,18)19/h6-9,11H,5,10H2,1-4H3,(H,17,18,19). The molecule has 0 bridgehead atoms. The molecule has 0 saturated heterocycles. The zero-order valence-corrected chi connectivity index (χ0v) is 13.6. The minimum Gasteiger partial charge on any atom is -0.469 e. The smallest absolute Gasteiger partial charge is 0.311 e. The Morgan fingerprint density at radius 1 is 1.29 bits per heavy atom. The van der Waals surface area contributed by atoms with Crippen LogP contribution in [0.25, 0.3) is 0 Å². The van der Waals surface area contributed by atoms with Crippen molar-refractivity contribution in [2.45, 2.75) is 44.4 Å². The number of methoxy groups -OCH3 is 1. The largest absolute Gasteiger partial charge is 0.469 e. The monoisotopic (exact) mass is 314 g/mol. The number of hydrogen-bond acceptors (Lipinski definition) is 4. The van der Waals surface area contributed by atoms with Crippen LogP contribution in [0.1, 0.15) is 45.1 Å². The summed E-state index contributed by atoms with van der Waals surface area (Å²) >= 11 is 0. The molecule has 5 nitrogen and oxygen atoms in total. The van der Waals surface area contributed by atoms with E-state index in [0.29, 0.717) is 6.42 Å². The quantitative estimate of drug-likeness (QED) is 0.645. The first kappa shape index (κ1) is 17.7. The van der Waals surface area contributed by atoms with Crippen LogP contribution in [0.2, 0.25) is 0 Å². The molecule has 0 aliphatic rings. The highest BCUT2D eigenvalue weighted by Crippen LogP contribution is 2.35. The summed E-state index contributed by atoms with van der Waals surface area (Å²) in [5.41, 5.74) is 0.318. The number of rotatable bonds is 6. The van der Waals surface area contributed by atoms with Gasteiger partial charge in [-0.15, -0.1) is 0 Å². The Morgan fingerprint density at radius 2 is 1.81 bits per heavy atom. The predicted molar refractivity (Wildman–Crippen MR) is 79.7 cm³/mol. The van der Waals surface area contributed by atoms with Crippen LogP contribution in [0.5, 0.6) is 0 Å². The molecular weight excluding hydrogens is 292 g/mol. The lowest BCUT2D eigenvalue weighted by Gasteiger charge is -2.27. The molecule has 0 heterocycles. The summed E-state index contributed by atoms with van der Waals surface area (Å²) in [5, 5.41) is 0. The third kappa shape index (κ3) is 4.54. The van der Waals surface area contributed by atoms with Crippen molar-refractivity contribution in [3.05, 3.63) is 29.8 Å². The van der Waals surface area contributed by atoms with Gasteiger partial charge in [0.1, 0.15) is 0 Å². The summed E-state index contributed by atoms with van der Waals surface area (Å²) in [6, 6.07) is 6.09. The lowest BCUT2D eigenvalue weighted by molar-refractivity contribution is -0.151. The number of hydrogen-bond donors (Lipinski definition) is 1. The molecule has 0 aliphatic carbocycles. The van der Waals surface area contributed by atoms with Gasteiger partial charge in [0.05, 0.1) is 17.4 Å². The van der Waals surface area contributed by atoms with E-state index in [2.05, 4.69) is 0 Å². The van der Waals surface area contributed by atoms with Gasteiger partial charge in [0, 0.05) is 0 Å². The Balaban J connectivity index is 2.98. The molecule has 0 fully saturated rings. The van der Waals surface area contributed by atoms with Crippen LogP contribution in [0, 0.1) is 5.41 Å². The number of carbonyl (C=O) groups excluding carboxylic acids is 1. The lowest BCUT2D eigenvalue weighted by atomic mass is 9.79. The predicted octanol–water partition coefficient (Wildman–Crippen LogP) is 3.02. The lowest BCUT2D eigenvalue weighted by Crippen LogP contribution is -2.27. The number of ether oxygens (including phenoxy) is 1. The zero-order valence-electron chi connectivity index (χ0n) is 12.8. The topological polar surface area (TPSA) is 80.7 Å². The molecule has 0 aromatic heterocycles. The summed E-state index contributed by atoms with van der Waals surface area (Å²) in [6.07, 6.45) is 1.41. The first-order valence-corrected chi connectivity index (χ1v) is 8.21. The summed E-state index contributed by atoms with van der Waals surface area (Å²) in [5.74, 6) is -0.162. The maximum absolute atomic E-state index is 11.8. The third-order valence-electron chi connectivity index (χ3n) is 3.64. The van der Waals surface area contributed by atoms with Crippen molar-refractivity contribution in [2.24, 2.45) is 5.41 Å². The number of benzene rings is 1. The second-order valence-electron chi connectivity index (χ2n) is 5.73. The average molecular weight is 314 g/mol. The molecule has 1 N–H and O–H groups in total. The Labute approximate surface area is 126 Å². The highest BCUT2D eigenvalue weighted by atomic mass is 32.2. The first-order chi connectivity index (χ1) is 9.61. The van der Waals surface area contributed by atoms with Crippen molar-refractivity contribution >= 4 is 16.1 Å². The van der Waals surface area contributed by atoms with Crippen molar-refractivity contribution in [3.63, 3.8) is 0 Å². The van der Waals surface area contributed by atoms with Gasteiger partial charge in [-0.2, -0.15) is 8.42 Å². The van der Waals surface area contributed by atoms with Gasteiger partial charge in [-0.25, -0.2) is 0 Å². The van der Waals surface area contributed by atoms with E-state index in [1.54, 1.807) is 12.1 Å². The van der Waals surface area contributed by atoms with Gasteiger partial charge in [-0.1, -0.05) is 19.1 Å². The van der Waals surface area contributed by atoms with Crippen LogP contribution in [0.4, 0.5) is 0 Å². The van der Waals surface area contributed by atoms with E-state index in [9.17, 15) is 13.2 Å². The van der Waals surface area contributed by atoms with Crippen molar-refractivity contribution < 1.29 is 22.5 Å². The first-order valence-electron chi connectivity index (χ1n) is 6.77. The summed E-state index contributed by atoms with van der Waals surface area (Å²) in [6.45, 7) is 5.66. The van der Waals surface area contributed by atoms with E-state index < -0.39 is 15.5 Å². The second-order valence-corrected chi connectivity index (χ2v) is 7.15. The Morgan fingerprint density at radius 3 is 2.19 bits per heavy atom. The highest BCUT2D eigenvalue weighted by Gasteiger charge is 2.32. The van der Waals surface area contributed by atoms with Crippen LogP contribution >= 0.6 is 0 Å². The average Bonchev–Trinajstić information content (AvgIpc) is 2.43. The molecule has 0 aliphatic heterocycles. The third-order valence-corrected chi connectivity index (χ3v) is 4.50. The molecule has 1 aromatic rings. The van der Waals surface area contributed by atoms with Crippen LogP contribution in [-0.2, 0) is 19.6 Å². The van der Waals surface area contributed by atoms with Crippen molar-refractivity contribution in [2.75, 3.05) is 7.11 Å². The minimum atomic E-state index is -4.18. The van der Waals surface area contributed by atoms with E-state index in [1.807, 2.05) is 20.8 Å². The molecule has 21 heavy (non-hydrogen) atoms. The van der Waals surface area contributed by atoms with E-state index in [0.717, 1.165) is 12.0 Å². The van der Waals surface area contributed by atoms with Crippen molar-refractivity contribution in [3.8, 4) is 0 Å². The minimum absolute atomic E-state index is 0.106. The fourth-order valence-electron chi connectivity index (χ4n) is 2.39. The van der Waals surface area contributed by atoms with Gasteiger partial charge < -0.3 is 4.74 Å². The normalized spacial score (nSPS) is 13.8. The van der Waals surface area contributed by atoms with E-state index in [4.69, 9.17) is 9.29 Å². The molecule has 1 aromatic carbocycles. The SMILES string of the molecule is CCC(CC(C)(C)C(=O)OC)c1ccc(S(=O)(=O)O)cc1. The van der Waals surface area contributed by atoms with Crippen LogP contribution in [-0.4, -0.2) is 26.0 Å². The van der Waals surface area contributed by atoms with Crippen molar-refractivity contribution in [1.29, 1.82) is 0 Å². The fourth-order valence-corrected chi connectivity index (χ4v) is 2.87. The van der Waals surface area contributed by atoms with Gasteiger partial charge in [-0.3, -0.25) is 9.35 Å². The van der Waals surface area contributed by atoms with Crippen LogP contribution in [0.3, 0.4) is 0 Å². The molecule has 0 saturated carbocycles. The summed E-state index contributed by atoms with van der Waals surface area (Å²) in [4.78, 5) is 11.6. The second kappa shape index (κ2) is 6.58. The Hall–Kier alpha value is -1.40. The van der Waals surface area contributed by atoms with Gasteiger partial charge in [0.25, 0.3) is 10.1 Å². The van der Waals surface area contributed by atoms with Gasteiger partial charge in [-0.05, 0) is 50.3 Å². The summed E-state index contributed by atoms with van der Waals surface area (Å²) in [7, 11) is -2.81. The highest BCUT2D eigenvalue weighted by molar-refractivity contribution is 7.85. The molecule has 0 spiro atoms. The van der Waals surface area contributed by atoms with E-state index in [1.165, 1.54) is 19.2 Å². The van der Waals surface area contributed by atoms with Gasteiger partial charge >= 0.3 is 5.97 Å². The van der Waals surface area contributed by atoms with E-state index in [-0.39, 0.29) is 16.8 Å². The maximum atomic E-state index is 11.8. The fraction of sp³-hybridized carbons (Fsp3) is 0.533. The molecule has 1 atom stereocenters. The van der Waals surface area contributed by atoms with Crippen LogP contribution in [0.15, 0.2) is 29.2 Å². The summed E-state index contributed by atoms with van der Waals surface area (Å²) < 4.78 is 35.9. The molecule has 0 amide bonds. The molecule has 0 radical (unpaired) electrons. The molecule has 1 rings (SSSR count). The molecule has 118 valence electrons. The van der Waals surface area contributed by atoms with Crippen LogP contribution < -0.4 is 0 Å². The van der Waals surface area contributed by atoms with Crippen molar-refractivity contribution in [1.82, 2.24) is 0 Å². The number of esters is 1. The Bertz CT molecular complexity index is 587. The van der Waals surface area contributed by atoms with E-state index >= 15 is 0 Å². The molecule has 1 unspecified atom stereocenters. The maximum Gasteiger partial charge on any atom is 0.311 e. The zero-order chi connectivity index (χ0) is 16.3. The Kier molecular flexibility index (Phi) is 5.53. The number of carbonyl (C=O) groups is 1. The van der Waals surface area contributed by atoms with Gasteiger partial charge in [0.2, 0.25) is 0 Å². The van der Waals surface area contributed by atoms with Gasteiger partial charge in [0.15, 0.2) is 0 Å². The molecule has 6 heteroatoms.